The van der Waals surface area contributed by atoms with E-state index in [9.17, 15) is 4.79 Å². The van der Waals surface area contributed by atoms with Crippen LogP contribution >= 0.6 is 0 Å². The van der Waals surface area contributed by atoms with Gasteiger partial charge in [-0.2, -0.15) is 0 Å². The second kappa shape index (κ2) is 8.26. The molecule has 0 saturated carbocycles. The van der Waals surface area contributed by atoms with Crippen molar-refractivity contribution in [2.75, 3.05) is 30.6 Å². The van der Waals surface area contributed by atoms with Crippen LogP contribution in [0.4, 0.5) is 28.7 Å². The second-order valence-corrected chi connectivity index (χ2v) is 5.93. The minimum Gasteiger partial charge on any atom is -0.497 e. The maximum Gasteiger partial charge on any atom is 0.159 e. The van der Waals surface area contributed by atoms with Crippen LogP contribution in [0.2, 0.25) is 0 Å². The van der Waals surface area contributed by atoms with E-state index < -0.39 is 0 Å². The third-order valence-electron chi connectivity index (χ3n) is 4.10. The molecule has 3 rings (SSSR count). The van der Waals surface area contributed by atoms with Crippen LogP contribution in [0.5, 0.6) is 11.5 Å². The number of anilines is 5. The highest BCUT2D eigenvalue weighted by atomic mass is 16.5. The number of carbonyl (C=O) groups excluding carboxylic acids is 1. The highest BCUT2D eigenvalue weighted by Gasteiger charge is 2.12. The Morgan fingerprint density at radius 2 is 1.64 bits per heavy atom. The summed E-state index contributed by atoms with van der Waals surface area (Å²) in [4.78, 5) is 19.8. The highest BCUT2D eigenvalue weighted by molar-refractivity contribution is 5.94. The van der Waals surface area contributed by atoms with E-state index in [0.717, 1.165) is 5.69 Å². The second-order valence-electron chi connectivity index (χ2n) is 5.93. The molecular formula is C20H21N5O3. The average Bonchev–Trinajstić information content (AvgIpc) is 2.71. The Labute approximate surface area is 162 Å². The van der Waals surface area contributed by atoms with Crippen LogP contribution < -0.4 is 25.8 Å². The molecule has 0 spiro atoms. The van der Waals surface area contributed by atoms with E-state index >= 15 is 0 Å². The lowest BCUT2D eigenvalue weighted by Crippen LogP contribution is -2.06. The summed E-state index contributed by atoms with van der Waals surface area (Å²) in [7, 11) is 3.16. The summed E-state index contributed by atoms with van der Waals surface area (Å²) in [6, 6.07) is 12.4. The summed E-state index contributed by atoms with van der Waals surface area (Å²) in [5, 5.41) is 6.28. The number of aromatic nitrogens is 2. The first-order valence-electron chi connectivity index (χ1n) is 8.49. The Balaban J connectivity index is 1.84. The van der Waals surface area contributed by atoms with Gasteiger partial charge >= 0.3 is 0 Å². The van der Waals surface area contributed by atoms with Gasteiger partial charge < -0.3 is 25.8 Å². The number of nitrogens with two attached hydrogens (primary N) is 1. The van der Waals surface area contributed by atoms with Gasteiger partial charge in [0.15, 0.2) is 17.4 Å². The average molecular weight is 379 g/mol. The van der Waals surface area contributed by atoms with E-state index in [2.05, 4.69) is 20.6 Å². The van der Waals surface area contributed by atoms with Gasteiger partial charge in [0, 0.05) is 17.3 Å². The number of methoxy groups -OCH3 is 2. The van der Waals surface area contributed by atoms with Crippen molar-refractivity contribution in [3.8, 4) is 11.5 Å². The lowest BCUT2D eigenvalue weighted by atomic mass is 10.1. The van der Waals surface area contributed by atoms with Gasteiger partial charge in [0.05, 0.1) is 19.9 Å². The van der Waals surface area contributed by atoms with E-state index in [4.69, 9.17) is 15.2 Å². The number of Topliss-reactive ketones (excluding diaryl/α,β-unsaturated/α-hetero) is 1. The summed E-state index contributed by atoms with van der Waals surface area (Å²) in [6.45, 7) is 1.52. The fraction of sp³-hybridized carbons (Fsp3) is 0.150. The molecule has 28 heavy (non-hydrogen) atoms. The van der Waals surface area contributed by atoms with Crippen LogP contribution in [0.25, 0.3) is 0 Å². The van der Waals surface area contributed by atoms with E-state index in [-0.39, 0.29) is 5.78 Å². The molecule has 1 aromatic heterocycles. The molecule has 2 aromatic carbocycles. The largest absolute Gasteiger partial charge is 0.497 e. The molecule has 0 saturated heterocycles. The monoisotopic (exact) mass is 379 g/mol. The third kappa shape index (κ3) is 4.12. The van der Waals surface area contributed by atoms with Gasteiger partial charge in [0.25, 0.3) is 0 Å². The molecule has 0 bridgehead atoms. The zero-order valence-corrected chi connectivity index (χ0v) is 15.8. The molecule has 4 N–H and O–H groups in total. The predicted molar refractivity (Wildman–Crippen MR) is 109 cm³/mol. The van der Waals surface area contributed by atoms with Crippen LogP contribution in [0.3, 0.4) is 0 Å². The van der Waals surface area contributed by atoms with Crippen molar-refractivity contribution < 1.29 is 14.3 Å². The molecular weight excluding hydrogens is 358 g/mol. The lowest BCUT2D eigenvalue weighted by Gasteiger charge is -2.15. The fourth-order valence-corrected chi connectivity index (χ4v) is 2.55. The molecule has 1 heterocycles. The molecule has 8 nitrogen and oxygen atoms in total. The molecule has 0 aliphatic heterocycles. The number of nitrogen functional groups attached to an aromatic ring is 1. The standard InChI is InChI=1S/C20H21N5O3/c1-12(26)13-4-6-14(7-5-13)24-19-18(21)20(23-11-22-19)25-16-9-8-15(27-2)10-17(16)28-3/h4-11H,21H2,1-3H3,(H2,22,23,24,25). The third-order valence-corrected chi connectivity index (χ3v) is 4.10. The first-order valence-corrected chi connectivity index (χ1v) is 8.49. The van der Waals surface area contributed by atoms with Crippen molar-refractivity contribution in [3.05, 3.63) is 54.4 Å². The summed E-state index contributed by atoms with van der Waals surface area (Å²) in [5.41, 5.74) is 8.65. The molecule has 0 radical (unpaired) electrons. The number of hydrogen-bond acceptors (Lipinski definition) is 8. The van der Waals surface area contributed by atoms with Gasteiger partial charge in [-0.15, -0.1) is 0 Å². The Bertz CT molecular complexity index is 990. The first kappa shape index (κ1) is 19.0. The Kier molecular flexibility index (Phi) is 5.59. The maximum absolute atomic E-state index is 11.4. The lowest BCUT2D eigenvalue weighted by molar-refractivity contribution is 0.101. The van der Waals surface area contributed by atoms with Crippen molar-refractivity contribution in [3.63, 3.8) is 0 Å². The van der Waals surface area contributed by atoms with Gasteiger partial charge in [-0.1, -0.05) is 0 Å². The topological polar surface area (TPSA) is 111 Å². The maximum atomic E-state index is 11.4. The Morgan fingerprint density at radius 1 is 0.964 bits per heavy atom. The number of benzene rings is 2. The van der Waals surface area contributed by atoms with E-state index in [1.54, 1.807) is 50.6 Å². The highest BCUT2D eigenvalue weighted by Crippen LogP contribution is 2.34. The van der Waals surface area contributed by atoms with E-state index in [0.29, 0.717) is 40.1 Å². The van der Waals surface area contributed by atoms with Gasteiger partial charge in [0.1, 0.15) is 23.5 Å². The van der Waals surface area contributed by atoms with E-state index in [1.807, 2.05) is 6.07 Å². The van der Waals surface area contributed by atoms with Gasteiger partial charge in [0.2, 0.25) is 0 Å². The number of ketones is 1. The normalized spacial score (nSPS) is 10.2. The predicted octanol–water partition coefficient (Wildman–Crippen LogP) is 3.77. The summed E-state index contributed by atoms with van der Waals surface area (Å²) in [5.74, 6) is 2.15. The van der Waals surface area contributed by atoms with Gasteiger partial charge in [-0.25, -0.2) is 9.97 Å². The van der Waals surface area contributed by atoms with Crippen LogP contribution in [0, 0.1) is 0 Å². The van der Waals surface area contributed by atoms with Crippen molar-refractivity contribution in [1.29, 1.82) is 0 Å². The van der Waals surface area contributed by atoms with E-state index in [1.165, 1.54) is 13.3 Å². The zero-order chi connectivity index (χ0) is 20.1. The summed E-state index contributed by atoms with van der Waals surface area (Å²) in [6.07, 6.45) is 1.40. The number of rotatable bonds is 7. The first-order chi connectivity index (χ1) is 13.5. The Morgan fingerprint density at radius 3 is 2.25 bits per heavy atom. The quantitative estimate of drug-likeness (QED) is 0.532. The van der Waals surface area contributed by atoms with Gasteiger partial charge in [-0.05, 0) is 43.3 Å². The molecule has 0 amide bonds. The van der Waals surface area contributed by atoms with Crippen LogP contribution in [0.15, 0.2) is 48.8 Å². The molecule has 8 heteroatoms. The fourth-order valence-electron chi connectivity index (χ4n) is 2.55. The number of hydrogen-bond donors (Lipinski definition) is 3. The van der Waals surface area contributed by atoms with Crippen LogP contribution in [0.1, 0.15) is 17.3 Å². The van der Waals surface area contributed by atoms with Crippen molar-refractivity contribution in [1.82, 2.24) is 9.97 Å². The number of carbonyl (C=O) groups is 1. The molecule has 3 aromatic rings. The Hall–Kier alpha value is -3.81. The zero-order valence-electron chi connectivity index (χ0n) is 15.8. The summed E-state index contributed by atoms with van der Waals surface area (Å²) >= 11 is 0. The minimum absolute atomic E-state index is 0.00743. The number of ether oxygens (including phenoxy) is 2. The molecule has 144 valence electrons. The van der Waals surface area contributed by atoms with Crippen LogP contribution in [-0.2, 0) is 0 Å². The molecule has 0 aliphatic rings. The van der Waals surface area contributed by atoms with Crippen molar-refractivity contribution >= 4 is 34.5 Å². The van der Waals surface area contributed by atoms with Crippen molar-refractivity contribution in [2.24, 2.45) is 0 Å². The van der Waals surface area contributed by atoms with Gasteiger partial charge in [-0.3, -0.25) is 4.79 Å². The van der Waals surface area contributed by atoms with Crippen molar-refractivity contribution in [2.45, 2.75) is 6.92 Å². The molecule has 0 fully saturated rings. The number of nitrogens with one attached hydrogen (secondary N) is 2. The minimum atomic E-state index is 0.00743. The summed E-state index contributed by atoms with van der Waals surface area (Å²) < 4.78 is 10.6. The molecule has 0 atom stereocenters. The smallest absolute Gasteiger partial charge is 0.159 e. The number of nitrogens with zero attached hydrogens (tertiary/aromatic N) is 2. The van der Waals surface area contributed by atoms with Crippen LogP contribution in [-0.4, -0.2) is 30.0 Å². The molecule has 0 unspecified atom stereocenters. The SMILES string of the molecule is COc1ccc(Nc2ncnc(Nc3ccc(C(C)=O)cc3)c2N)c(OC)c1. The molecule has 0 aliphatic carbocycles.